The molecule has 1 saturated carbocycles. The minimum absolute atomic E-state index is 0.00149. The number of nitrogens with one attached hydrogen (secondary N) is 3. The van der Waals surface area contributed by atoms with Crippen LogP contribution in [0.2, 0.25) is 0 Å². The largest absolute Gasteiger partial charge is 0.480 e. The molecule has 34 heavy (non-hydrogen) atoms. The molecule has 1 heterocycles. The number of nitrogens with zero attached hydrogens (tertiary/aromatic N) is 1. The molecule has 2 aliphatic rings. The maximum atomic E-state index is 12.5. The molecular weight excluding hydrogens is 456 g/mol. The van der Waals surface area contributed by atoms with E-state index in [9.17, 15) is 18.0 Å². The number of carbonyl (C=O) groups excluding carboxylic acids is 2. The van der Waals surface area contributed by atoms with Gasteiger partial charge in [0, 0.05) is 19.3 Å². The Labute approximate surface area is 199 Å². The fourth-order valence-corrected chi connectivity index (χ4v) is 5.48. The van der Waals surface area contributed by atoms with Gasteiger partial charge in [-0.15, -0.1) is 0 Å². The number of hydrogen-bond donors (Lipinski definition) is 3. The van der Waals surface area contributed by atoms with Crippen LogP contribution in [0.15, 0.2) is 59.6 Å². The van der Waals surface area contributed by atoms with Crippen LogP contribution in [0.1, 0.15) is 28.8 Å². The maximum Gasteiger partial charge on any atom is 0.328 e. The first-order chi connectivity index (χ1) is 16.4. The quantitative estimate of drug-likeness (QED) is 0.469. The van der Waals surface area contributed by atoms with Gasteiger partial charge in [-0.2, -0.15) is 0 Å². The van der Waals surface area contributed by atoms with E-state index < -0.39 is 16.1 Å². The fraction of sp³-hybridized carbons (Fsp3) is 0.375. The van der Waals surface area contributed by atoms with Crippen LogP contribution >= 0.6 is 0 Å². The number of pyridine rings is 1. The monoisotopic (exact) mass is 484 g/mol. The molecular formula is C24H28N4O5S. The lowest BCUT2D eigenvalue weighted by molar-refractivity contribution is 0.0950. The number of carbonyl (C=O) groups is 2. The summed E-state index contributed by atoms with van der Waals surface area (Å²) in [4.78, 5) is 28.5. The van der Waals surface area contributed by atoms with E-state index in [1.165, 1.54) is 19.2 Å². The second kappa shape index (κ2) is 10.3. The molecule has 3 unspecified atom stereocenters. The fourth-order valence-electron chi connectivity index (χ4n) is 4.55. The zero-order valence-corrected chi connectivity index (χ0v) is 19.7. The number of ether oxygens (including phenoxy) is 1. The summed E-state index contributed by atoms with van der Waals surface area (Å²) in [7, 11) is -2.53. The zero-order chi connectivity index (χ0) is 24.1. The summed E-state index contributed by atoms with van der Waals surface area (Å²) in [5.41, 5.74) is 1.18. The van der Waals surface area contributed by atoms with Gasteiger partial charge in [-0.25, -0.2) is 22.9 Å². The third kappa shape index (κ3) is 5.56. The van der Waals surface area contributed by atoms with Crippen LogP contribution < -0.4 is 20.1 Å². The van der Waals surface area contributed by atoms with Crippen molar-refractivity contribution in [3.8, 4) is 5.88 Å². The van der Waals surface area contributed by atoms with E-state index in [-0.39, 0.29) is 16.7 Å². The van der Waals surface area contributed by atoms with E-state index in [1.54, 1.807) is 30.5 Å². The third-order valence-corrected chi connectivity index (χ3v) is 7.66. The molecule has 1 fully saturated rings. The molecule has 0 radical (unpaired) electrons. The highest BCUT2D eigenvalue weighted by atomic mass is 32.2. The smallest absolute Gasteiger partial charge is 0.328 e. The van der Waals surface area contributed by atoms with Gasteiger partial charge in [-0.1, -0.05) is 24.3 Å². The van der Waals surface area contributed by atoms with Crippen molar-refractivity contribution < 1.29 is 22.7 Å². The van der Waals surface area contributed by atoms with Crippen molar-refractivity contribution in [3.05, 3.63) is 65.9 Å². The summed E-state index contributed by atoms with van der Waals surface area (Å²) >= 11 is 0. The van der Waals surface area contributed by atoms with Gasteiger partial charge in [0.25, 0.3) is 15.9 Å². The van der Waals surface area contributed by atoms with Crippen LogP contribution in [0.5, 0.6) is 5.88 Å². The summed E-state index contributed by atoms with van der Waals surface area (Å²) in [6.07, 6.45) is 8.62. The molecule has 9 nitrogen and oxygen atoms in total. The Bertz CT molecular complexity index is 1180. The normalized spacial score (nSPS) is 20.7. The average molecular weight is 485 g/mol. The van der Waals surface area contributed by atoms with Crippen molar-refractivity contribution in [2.24, 2.45) is 17.8 Å². The number of urea groups is 1. The molecule has 2 bridgehead atoms. The van der Waals surface area contributed by atoms with E-state index in [4.69, 9.17) is 4.74 Å². The van der Waals surface area contributed by atoms with Crippen LogP contribution in [0, 0.1) is 17.8 Å². The molecule has 3 atom stereocenters. The Morgan fingerprint density at radius 2 is 1.88 bits per heavy atom. The lowest BCUT2D eigenvalue weighted by Gasteiger charge is -2.18. The first-order valence-corrected chi connectivity index (χ1v) is 12.7. The number of amides is 3. The van der Waals surface area contributed by atoms with Gasteiger partial charge in [0.2, 0.25) is 5.88 Å². The standard InChI is InChI=1S/C24H28N4O5S/c1-33-23-21(3-2-11-26-23)22(29)25-12-10-16-5-8-20(9-6-16)34(31,32)28-24(30)27-15-19-14-17-4-7-18(19)13-17/h2-9,11,17-19H,10,12-15H2,1H3,(H,25,29)(H2,27,28,30). The Kier molecular flexibility index (Phi) is 7.16. The molecule has 0 saturated heterocycles. The SMILES string of the molecule is COc1ncccc1C(=O)NCCc1ccc(S(=O)(=O)NC(=O)NCC2CC3C=CC2C3)cc1. The van der Waals surface area contributed by atoms with Gasteiger partial charge in [-0.05, 0) is 66.8 Å². The van der Waals surface area contributed by atoms with Crippen LogP contribution in [0.4, 0.5) is 4.79 Å². The van der Waals surface area contributed by atoms with Crippen molar-refractivity contribution in [1.82, 2.24) is 20.3 Å². The molecule has 180 valence electrons. The van der Waals surface area contributed by atoms with E-state index in [0.717, 1.165) is 18.4 Å². The molecule has 1 aromatic carbocycles. The van der Waals surface area contributed by atoms with Crippen LogP contribution in [-0.4, -0.2) is 45.5 Å². The Morgan fingerprint density at radius 1 is 1.09 bits per heavy atom. The highest BCUT2D eigenvalue weighted by Crippen LogP contribution is 2.42. The van der Waals surface area contributed by atoms with Crippen molar-refractivity contribution in [2.75, 3.05) is 20.2 Å². The molecule has 3 amide bonds. The Balaban J connectivity index is 1.24. The number of allylic oxidation sites excluding steroid dienone is 2. The predicted octanol–water partition coefficient (Wildman–Crippen LogP) is 2.26. The van der Waals surface area contributed by atoms with Crippen molar-refractivity contribution in [3.63, 3.8) is 0 Å². The Morgan fingerprint density at radius 3 is 2.56 bits per heavy atom. The second-order valence-corrected chi connectivity index (χ2v) is 10.2. The van der Waals surface area contributed by atoms with Gasteiger partial charge in [0.05, 0.1) is 12.0 Å². The zero-order valence-electron chi connectivity index (χ0n) is 18.9. The van der Waals surface area contributed by atoms with Crippen LogP contribution in [0.3, 0.4) is 0 Å². The minimum Gasteiger partial charge on any atom is -0.480 e. The summed E-state index contributed by atoms with van der Waals surface area (Å²) in [5, 5.41) is 5.48. The number of hydrogen-bond acceptors (Lipinski definition) is 6. The van der Waals surface area contributed by atoms with E-state index >= 15 is 0 Å². The van der Waals surface area contributed by atoms with Crippen LogP contribution in [0.25, 0.3) is 0 Å². The number of methoxy groups -OCH3 is 1. The lowest BCUT2D eigenvalue weighted by Crippen LogP contribution is -2.41. The number of rotatable bonds is 9. The summed E-state index contributed by atoms with van der Waals surface area (Å²) in [6, 6.07) is 8.76. The highest BCUT2D eigenvalue weighted by molar-refractivity contribution is 7.90. The van der Waals surface area contributed by atoms with Crippen molar-refractivity contribution in [1.29, 1.82) is 0 Å². The predicted molar refractivity (Wildman–Crippen MR) is 126 cm³/mol. The topological polar surface area (TPSA) is 126 Å². The highest BCUT2D eigenvalue weighted by Gasteiger charge is 2.35. The summed E-state index contributed by atoms with van der Waals surface area (Å²) in [5.74, 6) is 1.38. The molecule has 10 heteroatoms. The number of benzene rings is 1. The van der Waals surface area contributed by atoms with Crippen molar-refractivity contribution >= 4 is 22.0 Å². The molecule has 0 aliphatic heterocycles. The number of sulfonamides is 1. The van der Waals surface area contributed by atoms with Gasteiger partial charge < -0.3 is 15.4 Å². The van der Waals surface area contributed by atoms with Crippen LogP contribution in [-0.2, 0) is 16.4 Å². The maximum absolute atomic E-state index is 12.5. The van der Waals surface area contributed by atoms with Gasteiger partial charge in [0.1, 0.15) is 5.56 Å². The number of aromatic nitrogens is 1. The minimum atomic E-state index is -3.98. The molecule has 1 aromatic heterocycles. The molecule has 0 spiro atoms. The second-order valence-electron chi connectivity index (χ2n) is 8.57. The van der Waals surface area contributed by atoms with E-state index in [2.05, 4.69) is 32.5 Å². The molecule has 2 aromatic rings. The molecule has 4 rings (SSSR count). The molecule has 2 aliphatic carbocycles. The third-order valence-electron chi connectivity index (χ3n) is 6.31. The summed E-state index contributed by atoms with van der Waals surface area (Å²) in [6.45, 7) is 0.810. The molecule has 3 N–H and O–H groups in total. The van der Waals surface area contributed by atoms with Gasteiger partial charge >= 0.3 is 6.03 Å². The van der Waals surface area contributed by atoms with Gasteiger partial charge in [0.15, 0.2) is 0 Å². The number of fused-ring (bicyclic) bond motifs is 2. The average Bonchev–Trinajstić information content (AvgIpc) is 3.46. The first kappa shape index (κ1) is 23.7. The summed E-state index contributed by atoms with van der Waals surface area (Å²) < 4.78 is 32.2. The van der Waals surface area contributed by atoms with E-state index in [0.29, 0.717) is 42.8 Å². The van der Waals surface area contributed by atoms with Crippen molar-refractivity contribution in [2.45, 2.75) is 24.2 Å². The lowest BCUT2D eigenvalue weighted by atomic mass is 9.94. The van der Waals surface area contributed by atoms with E-state index in [1.807, 2.05) is 0 Å². The Hall–Kier alpha value is -3.40. The van der Waals surface area contributed by atoms with Gasteiger partial charge in [-0.3, -0.25) is 4.79 Å². The first-order valence-electron chi connectivity index (χ1n) is 11.2.